The van der Waals surface area contributed by atoms with Crippen LogP contribution in [0, 0.1) is 11.6 Å². The van der Waals surface area contributed by atoms with E-state index < -0.39 is 17.6 Å². The Morgan fingerprint density at radius 2 is 1.76 bits per heavy atom. The Morgan fingerprint density at radius 1 is 0.980 bits per heavy atom. The van der Waals surface area contributed by atoms with Gasteiger partial charge < -0.3 is 14.4 Å². The van der Waals surface area contributed by atoms with Crippen molar-refractivity contribution in [3.05, 3.63) is 107 Å². The molecule has 0 saturated carbocycles. The number of aromatic nitrogens is 1. The van der Waals surface area contributed by atoms with Gasteiger partial charge in [0.05, 0.1) is 30.1 Å². The van der Waals surface area contributed by atoms with Gasteiger partial charge in [-0.2, -0.15) is 8.78 Å². The Hall–Kier alpha value is -4.58. The zero-order chi connectivity index (χ0) is 34.4. The fourth-order valence-electron chi connectivity index (χ4n) is 6.85. The van der Waals surface area contributed by atoms with Crippen LogP contribution in [0.1, 0.15) is 22.3 Å². The SMILES string of the molecule is C=CC(=O)N1CCc2ccc(-c3nc(-c4ccc5c(c4)CN(C)CC5(F)F)c4ccsc4c3-c3c(F)cc(F)cc3OCCOC)cc2C1. The van der Waals surface area contributed by atoms with E-state index in [1.165, 1.54) is 30.6 Å². The topological polar surface area (TPSA) is 54.9 Å². The van der Waals surface area contributed by atoms with Crippen molar-refractivity contribution in [2.75, 3.05) is 40.5 Å². The Labute approximate surface area is 285 Å². The molecule has 3 aromatic carbocycles. The smallest absolute Gasteiger partial charge is 0.285 e. The number of carbonyl (C=O) groups is 1. The summed E-state index contributed by atoms with van der Waals surface area (Å²) in [5.74, 6) is -4.78. The number of methoxy groups -OCH3 is 1. The number of benzene rings is 3. The van der Waals surface area contributed by atoms with E-state index in [-0.39, 0.29) is 42.5 Å². The van der Waals surface area contributed by atoms with E-state index in [2.05, 4.69) is 6.58 Å². The van der Waals surface area contributed by atoms with E-state index in [0.29, 0.717) is 69.8 Å². The number of rotatable bonds is 8. The number of hydrogen-bond donors (Lipinski definition) is 0. The molecule has 0 atom stereocenters. The molecule has 11 heteroatoms. The minimum atomic E-state index is -3.00. The number of amides is 1. The van der Waals surface area contributed by atoms with Crippen LogP contribution in [0.2, 0.25) is 0 Å². The molecular weight excluding hydrogens is 654 g/mol. The summed E-state index contributed by atoms with van der Waals surface area (Å²) in [5.41, 5.74) is 5.18. The van der Waals surface area contributed by atoms with Gasteiger partial charge in [0.15, 0.2) is 0 Å². The molecule has 2 aliphatic heterocycles. The molecule has 0 spiro atoms. The molecule has 0 saturated heterocycles. The van der Waals surface area contributed by atoms with Gasteiger partial charge in [0, 0.05) is 71.2 Å². The predicted octanol–water partition coefficient (Wildman–Crippen LogP) is 8.21. The van der Waals surface area contributed by atoms with Crippen LogP contribution < -0.4 is 4.74 Å². The Morgan fingerprint density at radius 3 is 2.55 bits per heavy atom. The molecule has 6 nitrogen and oxygen atoms in total. The summed E-state index contributed by atoms with van der Waals surface area (Å²) in [4.78, 5) is 21.0. The molecule has 0 N–H and O–H groups in total. The first-order valence-electron chi connectivity index (χ1n) is 15.8. The Kier molecular flexibility index (Phi) is 8.76. The number of fused-ring (bicyclic) bond motifs is 3. The van der Waals surface area contributed by atoms with Gasteiger partial charge in [-0.25, -0.2) is 13.8 Å². The van der Waals surface area contributed by atoms with Crippen LogP contribution in [-0.2, 0) is 35.0 Å². The van der Waals surface area contributed by atoms with Crippen molar-refractivity contribution in [2.45, 2.75) is 25.4 Å². The van der Waals surface area contributed by atoms with Crippen LogP contribution in [0.5, 0.6) is 5.75 Å². The highest BCUT2D eigenvalue weighted by Crippen LogP contribution is 2.48. The fraction of sp³-hybridized carbons (Fsp3) is 0.263. The van der Waals surface area contributed by atoms with Gasteiger partial charge in [0.2, 0.25) is 5.91 Å². The van der Waals surface area contributed by atoms with Gasteiger partial charge >= 0.3 is 0 Å². The van der Waals surface area contributed by atoms with Crippen LogP contribution in [0.3, 0.4) is 0 Å². The van der Waals surface area contributed by atoms with Crippen molar-refractivity contribution in [3.63, 3.8) is 0 Å². The van der Waals surface area contributed by atoms with Crippen LogP contribution >= 0.6 is 11.3 Å². The lowest BCUT2D eigenvalue weighted by molar-refractivity contribution is -0.126. The van der Waals surface area contributed by atoms with E-state index in [4.69, 9.17) is 14.5 Å². The van der Waals surface area contributed by atoms with E-state index in [1.807, 2.05) is 29.6 Å². The second-order valence-corrected chi connectivity index (χ2v) is 13.3. The van der Waals surface area contributed by atoms with Gasteiger partial charge in [-0.05, 0) is 59.8 Å². The third-order valence-electron chi connectivity index (χ3n) is 9.08. The number of nitrogens with zero attached hydrogens (tertiary/aromatic N) is 3. The monoisotopic (exact) mass is 687 g/mol. The molecule has 2 aromatic heterocycles. The highest BCUT2D eigenvalue weighted by atomic mass is 32.1. The Balaban J connectivity index is 1.48. The number of ether oxygens (including phenoxy) is 2. The molecule has 0 unspecified atom stereocenters. The fourth-order valence-corrected chi connectivity index (χ4v) is 7.80. The first kappa shape index (κ1) is 32.9. The molecule has 1 amide bonds. The minimum absolute atomic E-state index is 0.000172. The van der Waals surface area contributed by atoms with Gasteiger partial charge in [0.1, 0.15) is 24.0 Å². The summed E-state index contributed by atoms with van der Waals surface area (Å²) >= 11 is 1.37. The van der Waals surface area contributed by atoms with Gasteiger partial charge in [0.25, 0.3) is 5.92 Å². The molecule has 0 aliphatic carbocycles. The van der Waals surface area contributed by atoms with Crippen molar-refractivity contribution in [1.82, 2.24) is 14.8 Å². The van der Waals surface area contributed by atoms with E-state index in [9.17, 15) is 18.0 Å². The standard InChI is InChI=1S/C38H33F4N3O3S/c1-4-32(46)45-11-9-22-5-6-24(15-25(22)20-45)36-34(33-30(40)17-27(39)18-31(33)48-13-12-47-3)37-28(10-14-49-37)35(43-36)23-7-8-29-26(16-23)19-44(2)21-38(29,41)42/h4-8,10,14-18H,1,9,11-13,19-21H2,2-3H3. The quantitative estimate of drug-likeness (QED) is 0.0936. The van der Waals surface area contributed by atoms with Crippen LogP contribution in [0.15, 0.2) is 72.6 Å². The lowest BCUT2D eigenvalue weighted by Gasteiger charge is -2.32. The van der Waals surface area contributed by atoms with Crippen LogP contribution in [-0.4, -0.2) is 61.2 Å². The number of alkyl halides is 2. The molecule has 49 heavy (non-hydrogen) atoms. The van der Waals surface area contributed by atoms with Crippen LogP contribution in [0.25, 0.3) is 43.7 Å². The molecule has 2 aliphatic rings. The maximum absolute atomic E-state index is 16.1. The average molecular weight is 688 g/mol. The normalized spacial score (nSPS) is 15.6. The molecule has 5 aromatic rings. The molecule has 252 valence electrons. The van der Waals surface area contributed by atoms with Gasteiger partial charge in [-0.3, -0.25) is 9.69 Å². The number of carbonyl (C=O) groups excluding carboxylic acids is 1. The van der Waals surface area contributed by atoms with Gasteiger partial charge in [-0.15, -0.1) is 11.3 Å². The maximum Gasteiger partial charge on any atom is 0.285 e. The number of likely N-dealkylation sites (N-methyl/N-ethyl adjacent to an activating group) is 1. The number of thiophene rings is 1. The third kappa shape index (κ3) is 6.11. The van der Waals surface area contributed by atoms with Crippen molar-refractivity contribution in [2.24, 2.45) is 0 Å². The Bertz CT molecular complexity index is 2110. The summed E-state index contributed by atoms with van der Waals surface area (Å²) in [5, 5.41) is 2.55. The minimum Gasteiger partial charge on any atom is -0.490 e. The van der Waals surface area contributed by atoms with Crippen molar-refractivity contribution < 1.29 is 31.8 Å². The largest absolute Gasteiger partial charge is 0.490 e. The summed E-state index contributed by atoms with van der Waals surface area (Å²) < 4.78 is 72.5. The first-order valence-corrected chi connectivity index (χ1v) is 16.7. The number of halogens is 4. The summed E-state index contributed by atoms with van der Waals surface area (Å²) in [6.07, 6.45) is 1.95. The molecule has 0 bridgehead atoms. The van der Waals surface area contributed by atoms with Crippen molar-refractivity contribution >= 4 is 27.3 Å². The van der Waals surface area contributed by atoms with E-state index in [1.54, 1.807) is 29.0 Å². The van der Waals surface area contributed by atoms with E-state index >= 15 is 4.39 Å². The third-order valence-corrected chi connectivity index (χ3v) is 10.0. The lowest BCUT2D eigenvalue weighted by Crippen LogP contribution is -2.38. The second-order valence-electron chi connectivity index (χ2n) is 12.4. The number of hydrogen-bond acceptors (Lipinski definition) is 6. The first-order chi connectivity index (χ1) is 23.6. The highest BCUT2D eigenvalue weighted by Gasteiger charge is 2.39. The molecule has 4 heterocycles. The maximum atomic E-state index is 16.1. The summed E-state index contributed by atoms with van der Waals surface area (Å²) in [6, 6.07) is 14.6. The zero-order valence-electron chi connectivity index (χ0n) is 27.0. The second kappa shape index (κ2) is 13.0. The molecule has 0 fully saturated rings. The zero-order valence-corrected chi connectivity index (χ0v) is 27.8. The summed E-state index contributed by atoms with van der Waals surface area (Å²) in [6.45, 7) is 4.79. The van der Waals surface area contributed by atoms with Gasteiger partial charge in [-0.1, -0.05) is 30.8 Å². The van der Waals surface area contributed by atoms with Crippen LogP contribution in [0.4, 0.5) is 17.6 Å². The lowest BCUT2D eigenvalue weighted by atomic mass is 9.90. The summed E-state index contributed by atoms with van der Waals surface area (Å²) in [7, 11) is 3.17. The highest BCUT2D eigenvalue weighted by molar-refractivity contribution is 7.18. The van der Waals surface area contributed by atoms with Crippen molar-refractivity contribution in [3.8, 4) is 39.4 Å². The predicted molar refractivity (Wildman–Crippen MR) is 183 cm³/mol. The number of pyridine rings is 1. The molecular formula is C38H33F4N3O3S. The van der Waals surface area contributed by atoms with E-state index in [0.717, 1.165) is 23.3 Å². The van der Waals surface area contributed by atoms with Crippen molar-refractivity contribution in [1.29, 1.82) is 0 Å². The average Bonchev–Trinajstić information content (AvgIpc) is 3.56. The molecule has 0 radical (unpaired) electrons. The molecule has 7 rings (SSSR count).